The van der Waals surface area contributed by atoms with Gasteiger partial charge >= 0.3 is 0 Å². The molecule has 0 aliphatic heterocycles. The van der Waals surface area contributed by atoms with Crippen molar-refractivity contribution in [2.45, 2.75) is 149 Å². The van der Waals surface area contributed by atoms with Crippen LogP contribution in [-0.2, 0) is 59.0 Å². The Morgan fingerprint density at radius 1 is 0.398 bits per heavy atom. The second-order valence-electron chi connectivity index (χ2n) is 28.9. The third kappa shape index (κ3) is 7.91. The van der Waals surface area contributed by atoms with Crippen molar-refractivity contribution >= 4 is 11.0 Å². The second kappa shape index (κ2) is 18.6. The van der Waals surface area contributed by atoms with Crippen molar-refractivity contribution in [3.63, 3.8) is 0 Å². The molecule has 3 aromatic heterocycles. The van der Waals surface area contributed by atoms with Crippen LogP contribution >= 0.6 is 0 Å². The van der Waals surface area contributed by atoms with Gasteiger partial charge in [-0.3, -0.25) is 9.55 Å². The molecule has 0 bridgehead atoms. The van der Waals surface area contributed by atoms with Gasteiger partial charge in [0.05, 0.1) is 39.4 Å². The number of phenolic OH excluding ortho intramolecular Hbond substituents is 1. The summed E-state index contributed by atoms with van der Waals surface area (Å²) in [7, 11) is 0. The van der Waals surface area contributed by atoms with Gasteiger partial charge in [0.25, 0.3) is 0 Å². The summed E-state index contributed by atoms with van der Waals surface area (Å²) in [6, 6.07) is 63.0. The Kier molecular flexibility index (Phi) is 12.6. The summed E-state index contributed by atoms with van der Waals surface area (Å²) in [5, 5.41) is 12.7. The van der Waals surface area contributed by atoms with Gasteiger partial charge in [0.2, 0.25) is 0 Å². The molecule has 83 heavy (non-hydrogen) atoms. The zero-order valence-electron chi connectivity index (χ0n) is 51.3. The molecule has 1 N–H and O–H groups in total. The Labute approximate surface area is 507 Å². The maximum atomic E-state index is 12.7. The molecule has 5 nitrogen and oxygen atoms in total. The van der Waals surface area contributed by atoms with Crippen molar-refractivity contribution in [1.29, 1.82) is 0 Å². The summed E-state index contributed by atoms with van der Waals surface area (Å²) >= 11 is 0. The zero-order valence-corrected chi connectivity index (χ0v) is 53.6. The first kappa shape index (κ1) is 56.3. The van der Waals surface area contributed by atoms with E-state index in [1.54, 1.807) is 0 Å². The molecule has 422 valence electrons. The van der Waals surface area contributed by atoms with E-state index in [9.17, 15) is 5.11 Å². The molecule has 4 atom stereocenters. The van der Waals surface area contributed by atoms with Crippen LogP contribution in [-0.4, -0.2) is 24.6 Å². The maximum absolute atomic E-state index is 12.7. The molecule has 0 fully saturated rings. The monoisotopic (exact) mass is 1270 g/mol. The first-order valence-electron chi connectivity index (χ1n) is 29.6. The van der Waals surface area contributed by atoms with E-state index in [4.69, 9.17) is 15.0 Å². The maximum Gasteiger partial charge on any atom is 0.149 e. The average molecular weight is 1270 g/mol. The third-order valence-corrected chi connectivity index (χ3v) is 20.3. The van der Waals surface area contributed by atoms with E-state index in [0.717, 1.165) is 72.7 Å². The molecular weight excluding hydrogens is 1190 g/mol. The van der Waals surface area contributed by atoms with E-state index in [1.165, 1.54) is 44.5 Å². The smallest absolute Gasteiger partial charge is 0.149 e. The predicted octanol–water partition coefficient (Wildman–Crippen LogP) is 19.3. The number of hydrogen-bond acceptors (Lipinski definition) is 4. The van der Waals surface area contributed by atoms with Crippen LogP contribution in [0.1, 0.15) is 166 Å². The van der Waals surface area contributed by atoms with Crippen LogP contribution in [0.25, 0.3) is 73.0 Å². The van der Waals surface area contributed by atoms with E-state index >= 15 is 0 Å². The fraction of sp³-hybridized carbons (Fsp3) is 0.312. The largest absolute Gasteiger partial charge is 0.507 e. The number of benzene rings is 7. The quantitative estimate of drug-likeness (QED) is 0.180. The molecule has 7 aromatic carbocycles. The molecule has 3 aliphatic rings. The molecule has 0 amide bonds. The number of hydrogen-bond donors (Lipinski definition) is 1. The summed E-state index contributed by atoms with van der Waals surface area (Å²) < 4.78 is 2.29. The minimum Gasteiger partial charge on any atom is -0.507 e. The van der Waals surface area contributed by atoms with Crippen LogP contribution in [0.2, 0.25) is 0 Å². The Morgan fingerprint density at radius 3 is 1.52 bits per heavy atom. The van der Waals surface area contributed by atoms with Gasteiger partial charge in [-0.2, -0.15) is 0 Å². The Hall–Kier alpha value is -7.20. The fourth-order valence-corrected chi connectivity index (χ4v) is 15.4. The third-order valence-electron chi connectivity index (χ3n) is 20.3. The fourth-order valence-electron chi connectivity index (χ4n) is 15.4. The molecule has 4 unspecified atom stereocenters. The second-order valence-corrected chi connectivity index (χ2v) is 28.9. The Bertz CT molecular complexity index is 4290. The van der Waals surface area contributed by atoms with Gasteiger partial charge in [0.15, 0.2) is 0 Å². The van der Waals surface area contributed by atoms with E-state index in [-0.39, 0.29) is 70.1 Å². The van der Waals surface area contributed by atoms with Crippen LogP contribution in [0.3, 0.4) is 0 Å². The van der Waals surface area contributed by atoms with Crippen molar-refractivity contribution in [1.82, 2.24) is 19.5 Å². The summed E-state index contributed by atoms with van der Waals surface area (Å²) in [6.45, 7) is 37.0. The first-order valence-corrected chi connectivity index (χ1v) is 29.6. The molecule has 0 spiro atoms. The minimum atomic E-state index is -0.351. The summed E-state index contributed by atoms with van der Waals surface area (Å²) in [5.41, 5.74) is 22.6. The normalized spacial score (nSPS) is 20.7. The minimum absolute atomic E-state index is 0. The number of aromatic nitrogens is 4. The van der Waals surface area contributed by atoms with Gasteiger partial charge in [-0.25, -0.2) is 9.97 Å². The number of rotatable bonds is 6. The molecule has 0 radical (unpaired) electrons. The molecule has 0 saturated carbocycles. The van der Waals surface area contributed by atoms with Gasteiger partial charge in [-0.15, -0.1) is 0 Å². The summed E-state index contributed by atoms with van der Waals surface area (Å²) in [6.07, 6.45) is 1.95. The molecule has 10 aromatic rings. The molecular formula is C77H78N4OPt. The van der Waals surface area contributed by atoms with Crippen molar-refractivity contribution in [3.8, 4) is 67.7 Å². The Morgan fingerprint density at radius 2 is 0.928 bits per heavy atom. The number of nitrogens with zero attached hydrogens (tertiary/aromatic N) is 4. The molecule has 0 saturated heterocycles. The van der Waals surface area contributed by atoms with Crippen molar-refractivity contribution in [3.05, 3.63) is 232 Å². The first-order chi connectivity index (χ1) is 38.6. The number of phenols is 1. The van der Waals surface area contributed by atoms with Crippen LogP contribution in [0.4, 0.5) is 0 Å². The van der Waals surface area contributed by atoms with Gasteiger partial charge < -0.3 is 5.11 Å². The molecule has 6 heteroatoms. The van der Waals surface area contributed by atoms with Gasteiger partial charge in [-0.05, 0) is 143 Å². The van der Waals surface area contributed by atoms with Crippen LogP contribution in [0.15, 0.2) is 176 Å². The standard InChI is InChI=1S/C77H78N4O.Pt/c1-70(2,3)49-34-36-65(53(41-49)46-25-18-17-19-26-46)81-66-32-24-27-52(67(66)80-69(81)54-42-50(71(4,5)6)43-61(68(54)82)73(10,11)12)62-44-51(72(7,8)9)45-64(79-62)63-40-48(37-38-78-63)47-33-35-59-60(39-47)76(15)58-31-23-22-30-57(58)74(13)55-28-20-21-29-56(55)75(59,14)77(74,76)16;/h17-45,82H,1-16H3;. The Balaban J connectivity index is 0.00000680. The summed E-state index contributed by atoms with van der Waals surface area (Å²) in [5.74, 6) is 0.913. The van der Waals surface area contributed by atoms with Crippen LogP contribution in [0, 0.1) is 5.41 Å². The van der Waals surface area contributed by atoms with Crippen LogP contribution in [0.5, 0.6) is 5.75 Å². The van der Waals surface area contributed by atoms with Gasteiger partial charge in [-0.1, -0.05) is 226 Å². The van der Waals surface area contributed by atoms with Crippen molar-refractivity contribution < 1.29 is 26.2 Å². The van der Waals surface area contributed by atoms with E-state index in [2.05, 4.69) is 285 Å². The topological polar surface area (TPSA) is 63.8 Å². The predicted molar refractivity (Wildman–Crippen MR) is 341 cm³/mol. The van der Waals surface area contributed by atoms with Crippen LogP contribution < -0.4 is 0 Å². The molecule has 13 rings (SSSR count). The van der Waals surface area contributed by atoms with Crippen molar-refractivity contribution in [2.24, 2.45) is 5.41 Å². The SMILES string of the molecule is CC(C)(C)c1cc(-c2cc(-c3ccc4c(c3)C3(C)c5ccccc5C5(C)c6ccccc6C4(C)C53C)ccn2)nc(-c2cccc3c2nc(-c2cc(C(C)(C)C)cc(C(C)(C)C)c2O)n3-c2ccc(C(C)(C)C)cc2-c2ccccc2)c1.[Pt]. The van der Waals surface area contributed by atoms with E-state index < -0.39 is 0 Å². The van der Waals surface area contributed by atoms with E-state index in [1.807, 2.05) is 6.20 Å². The average Bonchev–Trinajstić information content (AvgIpc) is 1.44. The van der Waals surface area contributed by atoms with Gasteiger partial charge in [0.1, 0.15) is 11.6 Å². The molecule has 3 heterocycles. The number of aromatic hydroxyl groups is 1. The van der Waals surface area contributed by atoms with Crippen molar-refractivity contribution in [2.75, 3.05) is 0 Å². The van der Waals surface area contributed by atoms with Gasteiger partial charge in [0, 0.05) is 65.6 Å². The zero-order chi connectivity index (χ0) is 58.1. The number of para-hydroxylation sites is 1. The number of pyridine rings is 2. The van der Waals surface area contributed by atoms with E-state index in [0.29, 0.717) is 11.4 Å². The number of imidazole rings is 1. The number of fused-ring (bicyclic) bond motifs is 10. The summed E-state index contributed by atoms with van der Waals surface area (Å²) in [4.78, 5) is 16.5. The molecule has 3 aliphatic carbocycles.